The SMILES string of the molecule is CC(NC(=O)N1CCC(CO)CC1)c1cccc(C(F)(F)F)c1. The zero-order valence-corrected chi connectivity index (χ0v) is 12.9. The van der Waals surface area contributed by atoms with Crippen LogP contribution in [-0.2, 0) is 6.18 Å². The van der Waals surface area contributed by atoms with E-state index in [1.165, 1.54) is 6.07 Å². The van der Waals surface area contributed by atoms with Gasteiger partial charge in [-0.25, -0.2) is 4.79 Å². The smallest absolute Gasteiger partial charge is 0.396 e. The average Bonchev–Trinajstić information content (AvgIpc) is 2.54. The molecule has 23 heavy (non-hydrogen) atoms. The molecule has 2 amide bonds. The van der Waals surface area contributed by atoms with E-state index in [4.69, 9.17) is 5.11 Å². The summed E-state index contributed by atoms with van der Waals surface area (Å²) in [6.07, 6.45) is -2.92. The molecule has 7 heteroatoms. The molecule has 1 aliphatic rings. The van der Waals surface area contributed by atoms with Crippen molar-refractivity contribution in [3.05, 3.63) is 35.4 Å². The van der Waals surface area contributed by atoms with Crippen LogP contribution in [0.3, 0.4) is 0 Å². The largest absolute Gasteiger partial charge is 0.416 e. The zero-order valence-electron chi connectivity index (χ0n) is 12.9. The summed E-state index contributed by atoms with van der Waals surface area (Å²) in [4.78, 5) is 13.8. The summed E-state index contributed by atoms with van der Waals surface area (Å²) in [5.74, 6) is 0.222. The third-order valence-electron chi connectivity index (χ3n) is 4.21. The maximum absolute atomic E-state index is 12.7. The van der Waals surface area contributed by atoms with Crippen LogP contribution in [0.5, 0.6) is 0 Å². The Kier molecular flexibility index (Phi) is 5.51. The molecule has 2 rings (SSSR count). The number of aliphatic hydroxyl groups is 1. The van der Waals surface area contributed by atoms with Crippen LogP contribution in [0.2, 0.25) is 0 Å². The van der Waals surface area contributed by atoms with E-state index >= 15 is 0 Å². The fourth-order valence-corrected chi connectivity index (χ4v) is 2.66. The molecule has 0 radical (unpaired) electrons. The van der Waals surface area contributed by atoms with Crippen molar-refractivity contribution < 1.29 is 23.1 Å². The molecule has 1 heterocycles. The first-order chi connectivity index (χ1) is 10.8. The number of nitrogens with one attached hydrogen (secondary N) is 1. The van der Waals surface area contributed by atoms with E-state index < -0.39 is 17.8 Å². The van der Waals surface area contributed by atoms with E-state index in [1.807, 2.05) is 0 Å². The Morgan fingerprint density at radius 2 is 2.04 bits per heavy atom. The molecule has 4 nitrogen and oxygen atoms in total. The second-order valence-electron chi connectivity index (χ2n) is 5.91. The molecule has 1 atom stereocenters. The molecule has 0 bridgehead atoms. The lowest BCUT2D eigenvalue weighted by Gasteiger charge is -2.32. The summed E-state index contributed by atoms with van der Waals surface area (Å²) in [7, 11) is 0. The number of benzene rings is 1. The number of halogens is 3. The minimum absolute atomic E-state index is 0.121. The lowest BCUT2D eigenvalue weighted by molar-refractivity contribution is -0.137. The Hall–Kier alpha value is -1.76. The van der Waals surface area contributed by atoms with Gasteiger partial charge < -0.3 is 15.3 Å². The van der Waals surface area contributed by atoms with Crippen LogP contribution in [0.25, 0.3) is 0 Å². The summed E-state index contributed by atoms with van der Waals surface area (Å²) < 4.78 is 38.2. The standard InChI is InChI=1S/C16H21F3N2O2/c1-11(13-3-2-4-14(9-13)16(17,18)19)20-15(23)21-7-5-12(10-22)6-8-21/h2-4,9,11-12,22H,5-8,10H2,1H3,(H,20,23). The first-order valence-electron chi connectivity index (χ1n) is 7.64. The number of urea groups is 1. The summed E-state index contributed by atoms with van der Waals surface area (Å²) in [6, 6.07) is 4.18. The average molecular weight is 330 g/mol. The maximum Gasteiger partial charge on any atom is 0.416 e. The van der Waals surface area contributed by atoms with Crippen LogP contribution in [0.4, 0.5) is 18.0 Å². The van der Waals surface area contributed by atoms with Crippen molar-refractivity contribution in [3.8, 4) is 0 Å². The van der Waals surface area contributed by atoms with Crippen molar-refractivity contribution in [2.75, 3.05) is 19.7 Å². The predicted octanol–water partition coefficient (Wildman–Crippen LogP) is 3.18. The predicted molar refractivity (Wildman–Crippen MR) is 79.8 cm³/mol. The Balaban J connectivity index is 1.96. The molecular formula is C16H21F3N2O2. The molecule has 2 N–H and O–H groups in total. The van der Waals surface area contributed by atoms with Crippen LogP contribution in [0, 0.1) is 5.92 Å². The number of piperidine rings is 1. The third kappa shape index (κ3) is 4.60. The van der Waals surface area contributed by atoms with Crippen molar-refractivity contribution in [2.45, 2.75) is 32.0 Å². The van der Waals surface area contributed by atoms with Gasteiger partial charge in [0.2, 0.25) is 0 Å². The van der Waals surface area contributed by atoms with Crippen molar-refractivity contribution in [1.82, 2.24) is 10.2 Å². The van der Waals surface area contributed by atoms with Gasteiger partial charge in [0.15, 0.2) is 0 Å². The van der Waals surface area contributed by atoms with Crippen LogP contribution in [-0.4, -0.2) is 35.7 Å². The van der Waals surface area contributed by atoms with Gasteiger partial charge in [0, 0.05) is 19.7 Å². The van der Waals surface area contributed by atoms with E-state index in [-0.39, 0.29) is 18.6 Å². The second kappa shape index (κ2) is 7.21. The van der Waals surface area contributed by atoms with Crippen molar-refractivity contribution in [1.29, 1.82) is 0 Å². The number of alkyl halides is 3. The highest BCUT2D eigenvalue weighted by Crippen LogP contribution is 2.30. The Labute approximate surface area is 133 Å². The number of aliphatic hydroxyl groups excluding tert-OH is 1. The summed E-state index contributed by atoms with van der Waals surface area (Å²) >= 11 is 0. The lowest BCUT2D eigenvalue weighted by Crippen LogP contribution is -2.45. The number of amides is 2. The van der Waals surface area contributed by atoms with E-state index in [9.17, 15) is 18.0 Å². The van der Waals surface area contributed by atoms with E-state index in [0.29, 0.717) is 18.7 Å². The molecule has 1 unspecified atom stereocenters. The van der Waals surface area contributed by atoms with Crippen LogP contribution in [0.15, 0.2) is 24.3 Å². The summed E-state index contributed by atoms with van der Waals surface area (Å²) in [5.41, 5.74) is -0.307. The van der Waals surface area contributed by atoms with Gasteiger partial charge >= 0.3 is 12.2 Å². The number of rotatable bonds is 3. The van der Waals surface area contributed by atoms with Crippen molar-refractivity contribution >= 4 is 6.03 Å². The van der Waals surface area contributed by atoms with Crippen LogP contribution >= 0.6 is 0 Å². The molecular weight excluding hydrogens is 309 g/mol. The summed E-state index contributed by atoms with van der Waals surface area (Å²) in [6.45, 7) is 2.88. The van der Waals surface area contributed by atoms with E-state index in [2.05, 4.69) is 5.32 Å². The van der Waals surface area contributed by atoms with Gasteiger partial charge in [0.25, 0.3) is 0 Å². The zero-order chi connectivity index (χ0) is 17.0. The molecule has 0 aromatic heterocycles. The second-order valence-corrected chi connectivity index (χ2v) is 5.91. The molecule has 0 spiro atoms. The highest BCUT2D eigenvalue weighted by atomic mass is 19.4. The number of hydrogen-bond donors (Lipinski definition) is 2. The fraction of sp³-hybridized carbons (Fsp3) is 0.562. The summed E-state index contributed by atoms with van der Waals surface area (Å²) in [5, 5.41) is 11.8. The maximum atomic E-state index is 12.7. The molecule has 1 aromatic rings. The molecule has 0 aliphatic carbocycles. The van der Waals surface area contributed by atoms with E-state index in [0.717, 1.165) is 25.0 Å². The Bertz CT molecular complexity index is 540. The topological polar surface area (TPSA) is 52.6 Å². The monoisotopic (exact) mass is 330 g/mol. The molecule has 0 saturated carbocycles. The van der Waals surface area contributed by atoms with Gasteiger partial charge in [-0.1, -0.05) is 12.1 Å². The number of likely N-dealkylation sites (tertiary alicyclic amines) is 1. The van der Waals surface area contributed by atoms with Gasteiger partial charge in [-0.3, -0.25) is 0 Å². The minimum atomic E-state index is -4.40. The molecule has 1 fully saturated rings. The fourth-order valence-electron chi connectivity index (χ4n) is 2.66. The number of carbonyl (C=O) groups is 1. The number of hydrogen-bond acceptors (Lipinski definition) is 2. The molecule has 128 valence electrons. The first-order valence-corrected chi connectivity index (χ1v) is 7.64. The Morgan fingerprint density at radius 3 is 2.61 bits per heavy atom. The highest BCUT2D eigenvalue weighted by Gasteiger charge is 2.31. The Morgan fingerprint density at radius 1 is 1.39 bits per heavy atom. The quantitative estimate of drug-likeness (QED) is 0.894. The minimum Gasteiger partial charge on any atom is -0.396 e. The number of carbonyl (C=O) groups excluding carboxylic acids is 1. The molecule has 1 aromatic carbocycles. The first kappa shape index (κ1) is 17.6. The van der Waals surface area contributed by atoms with E-state index in [1.54, 1.807) is 17.9 Å². The van der Waals surface area contributed by atoms with Gasteiger partial charge in [0.1, 0.15) is 0 Å². The van der Waals surface area contributed by atoms with Crippen LogP contribution in [0.1, 0.15) is 36.9 Å². The highest BCUT2D eigenvalue weighted by molar-refractivity contribution is 5.74. The van der Waals surface area contributed by atoms with Gasteiger partial charge in [0.05, 0.1) is 11.6 Å². The number of nitrogens with zero attached hydrogens (tertiary/aromatic N) is 1. The lowest BCUT2D eigenvalue weighted by atomic mass is 9.98. The normalized spacial score (nSPS) is 17.9. The van der Waals surface area contributed by atoms with Gasteiger partial charge in [-0.05, 0) is 43.4 Å². The van der Waals surface area contributed by atoms with Crippen molar-refractivity contribution in [3.63, 3.8) is 0 Å². The molecule has 1 saturated heterocycles. The van der Waals surface area contributed by atoms with Gasteiger partial charge in [-0.15, -0.1) is 0 Å². The van der Waals surface area contributed by atoms with Crippen LogP contribution < -0.4 is 5.32 Å². The van der Waals surface area contributed by atoms with Gasteiger partial charge in [-0.2, -0.15) is 13.2 Å². The third-order valence-corrected chi connectivity index (χ3v) is 4.21. The van der Waals surface area contributed by atoms with Crippen molar-refractivity contribution in [2.24, 2.45) is 5.92 Å². The molecule has 1 aliphatic heterocycles.